The summed E-state index contributed by atoms with van der Waals surface area (Å²) < 4.78 is 29.9. The van der Waals surface area contributed by atoms with E-state index < -0.39 is 21.3 Å². The van der Waals surface area contributed by atoms with E-state index in [2.05, 4.69) is 14.8 Å². The minimum Gasteiger partial charge on any atom is -0.312 e. The van der Waals surface area contributed by atoms with Gasteiger partial charge in [-0.2, -0.15) is 5.10 Å². The molecule has 0 amide bonds. The second-order valence-corrected chi connectivity index (χ2v) is 8.93. The van der Waals surface area contributed by atoms with Crippen LogP contribution in [0.1, 0.15) is 31.7 Å². The third kappa shape index (κ3) is 3.47. The number of H-pyrrole nitrogens is 2. The lowest BCUT2D eigenvalue weighted by atomic mass is 10.3. The number of nitrogens with zero attached hydrogens (tertiary/aromatic N) is 2. The summed E-state index contributed by atoms with van der Waals surface area (Å²) in [6.07, 6.45) is 6.65. The topological polar surface area (TPSA) is 130 Å². The molecular formula is C16H17N5O4S2. The van der Waals surface area contributed by atoms with Crippen molar-refractivity contribution >= 4 is 27.0 Å². The first kappa shape index (κ1) is 17.7. The van der Waals surface area contributed by atoms with Gasteiger partial charge in [0.15, 0.2) is 0 Å². The molecule has 3 aromatic rings. The summed E-state index contributed by atoms with van der Waals surface area (Å²) in [5.41, 5.74) is -1.44. The Bertz CT molecular complexity index is 1170. The Balaban J connectivity index is 1.78. The molecule has 1 aliphatic carbocycles. The van der Waals surface area contributed by atoms with Crippen LogP contribution in [-0.2, 0) is 10.0 Å². The van der Waals surface area contributed by atoms with E-state index in [1.54, 1.807) is 10.7 Å². The highest BCUT2D eigenvalue weighted by Gasteiger charge is 2.28. The lowest BCUT2D eigenvalue weighted by molar-refractivity contribution is 0.467. The molecule has 0 aromatic carbocycles. The van der Waals surface area contributed by atoms with Crippen LogP contribution in [0.3, 0.4) is 0 Å². The van der Waals surface area contributed by atoms with E-state index in [-0.39, 0.29) is 16.6 Å². The molecule has 0 aliphatic heterocycles. The van der Waals surface area contributed by atoms with Crippen LogP contribution in [0.4, 0.5) is 5.69 Å². The van der Waals surface area contributed by atoms with Crippen molar-refractivity contribution in [3.8, 4) is 10.6 Å². The summed E-state index contributed by atoms with van der Waals surface area (Å²) in [6.45, 7) is 0. The molecule has 0 radical (unpaired) electrons. The zero-order valence-corrected chi connectivity index (χ0v) is 15.8. The van der Waals surface area contributed by atoms with Crippen LogP contribution in [-0.4, -0.2) is 28.2 Å². The second kappa shape index (κ2) is 6.82. The second-order valence-electron chi connectivity index (χ2n) is 6.33. The highest BCUT2D eigenvalue weighted by Crippen LogP contribution is 2.35. The average molecular weight is 407 g/mol. The average Bonchev–Trinajstić information content (AvgIpc) is 3.37. The summed E-state index contributed by atoms with van der Waals surface area (Å²) in [6, 6.07) is 3.80. The van der Waals surface area contributed by atoms with Crippen LogP contribution in [0, 0.1) is 0 Å². The van der Waals surface area contributed by atoms with Crippen molar-refractivity contribution < 1.29 is 8.42 Å². The van der Waals surface area contributed by atoms with Crippen LogP contribution in [0.2, 0.25) is 0 Å². The molecule has 1 saturated carbocycles. The summed E-state index contributed by atoms with van der Waals surface area (Å²) in [5, 5.41) is 6.39. The number of thiophene rings is 1. The number of nitrogens with one attached hydrogen (secondary N) is 3. The highest BCUT2D eigenvalue weighted by atomic mass is 32.2. The van der Waals surface area contributed by atoms with Crippen LogP contribution in [0.5, 0.6) is 0 Å². The third-order valence-corrected chi connectivity index (χ3v) is 6.75. The molecule has 4 rings (SSSR count). The zero-order valence-electron chi connectivity index (χ0n) is 14.1. The first-order valence-electron chi connectivity index (χ1n) is 8.42. The summed E-state index contributed by atoms with van der Waals surface area (Å²) in [5.74, 6) is 0. The Morgan fingerprint density at radius 2 is 2.04 bits per heavy atom. The summed E-state index contributed by atoms with van der Waals surface area (Å²) in [7, 11) is -4.08. The first-order valence-corrected chi connectivity index (χ1v) is 10.8. The van der Waals surface area contributed by atoms with E-state index in [0.717, 1.165) is 36.8 Å². The van der Waals surface area contributed by atoms with Gasteiger partial charge in [0.05, 0.1) is 10.9 Å². The van der Waals surface area contributed by atoms with Crippen molar-refractivity contribution in [3.05, 3.63) is 50.7 Å². The molecule has 1 fully saturated rings. The maximum atomic E-state index is 13.0. The molecule has 3 heterocycles. The van der Waals surface area contributed by atoms with Gasteiger partial charge in [-0.25, -0.2) is 13.2 Å². The molecule has 0 unspecified atom stereocenters. The number of anilines is 1. The van der Waals surface area contributed by atoms with E-state index in [0.29, 0.717) is 5.69 Å². The molecule has 0 bridgehead atoms. The minimum atomic E-state index is -4.08. The van der Waals surface area contributed by atoms with Gasteiger partial charge in [-0.15, -0.1) is 11.3 Å². The van der Waals surface area contributed by atoms with Crippen molar-refractivity contribution in [3.63, 3.8) is 0 Å². The number of aromatic amines is 2. The zero-order chi connectivity index (χ0) is 19.0. The Hall–Kier alpha value is -2.66. The van der Waals surface area contributed by atoms with Crippen LogP contribution < -0.4 is 16.0 Å². The molecule has 3 aromatic heterocycles. The molecule has 9 nitrogen and oxygen atoms in total. The first-order chi connectivity index (χ1) is 12.9. The van der Waals surface area contributed by atoms with E-state index in [1.807, 2.05) is 16.4 Å². The van der Waals surface area contributed by atoms with Crippen molar-refractivity contribution in [2.45, 2.75) is 36.6 Å². The molecule has 3 N–H and O–H groups in total. The molecule has 0 spiro atoms. The fourth-order valence-electron chi connectivity index (χ4n) is 3.20. The highest BCUT2D eigenvalue weighted by molar-refractivity contribution is 7.92. The van der Waals surface area contributed by atoms with Crippen molar-refractivity contribution in [1.82, 2.24) is 19.7 Å². The number of aromatic nitrogens is 4. The van der Waals surface area contributed by atoms with Gasteiger partial charge in [0.1, 0.15) is 16.3 Å². The Labute approximate surface area is 158 Å². The van der Waals surface area contributed by atoms with E-state index in [4.69, 9.17) is 0 Å². The Morgan fingerprint density at radius 3 is 2.70 bits per heavy atom. The summed E-state index contributed by atoms with van der Waals surface area (Å²) >= 11 is 1.39. The van der Waals surface area contributed by atoms with Crippen molar-refractivity contribution in [1.29, 1.82) is 0 Å². The van der Waals surface area contributed by atoms with E-state index >= 15 is 0 Å². The predicted octanol–water partition coefficient (Wildman–Crippen LogP) is 1.90. The van der Waals surface area contributed by atoms with Gasteiger partial charge in [0.2, 0.25) is 0 Å². The fraction of sp³-hybridized carbons (Fsp3) is 0.312. The van der Waals surface area contributed by atoms with Crippen molar-refractivity contribution in [2.24, 2.45) is 0 Å². The lowest BCUT2D eigenvalue weighted by Crippen LogP contribution is -2.26. The van der Waals surface area contributed by atoms with Gasteiger partial charge in [-0.3, -0.25) is 19.2 Å². The molecular weight excluding hydrogens is 390 g/mol. The normalized spacial score (nSPS) is 15.3. The maximum absolute atomic E-state index is 13.0. The smallest absolute Gasteiger partial charge is 0.312 e. The number of hydrogen-bond acceptors (Lipinski definition) is 6. The largest absolute Gasteiger partial charge is 0.325 e. The minimum absolute atomic E-state index is 0.00227. The SMILES string of the molecule is O=c1[nH]cc(NS(=O)(=O)c2cn(C3CCCC3)nc2-c2cccs2)c(=O)[nH]1. The van der Waals surface area contributed by atoms with E-state index in [1.165, 1.54) is 17.5 Å². The molecule has 1 aliphatic rings. The van der Waals surface area contributed by atoms with Crippen LogP contribution in [0.15, 0.2) is 44.4 Å². The molecule has 27 heavy (non-hydrogen) atoms. The standard InChI is InChI=1S/C16H17N5O4S2/c22-15-11(8-17-16(23)18-15)20-27(24,25)13-9-21(10-4-1-2-5-10)19-14(13)12-6-3-7-26-12/h3,6-10,20H,1-2,4-5H2,(H2,17,18,22,23). The van der Waals surface area contributed by atoms with Gasteiger partial charge in [-0.1, -0.05) is 18.9 Å². The van der Waals surface area contributed by atoms with Gasteiger partial charge >= 0.3 is 5.69 Å². The summed E-state index contributed by atoms with van der Waals surface area (Å²) in [4.78, 5) is 28.0. The monoisotopic (exact) mass is 407 g/mol. The molecule has 0 atom stereocenters. The van der Waals surface area contributed by atoms with Gasteiger partial charge in [0.25, 0.3) is 15.6 Å². The predicted molar refractivity (Wildman–Crippen MR) is 102 cm³/mol. The third-order valence-electron chi connectivity index (χ3n) is 4.50. The van der Waals surface area contributed by atoms with Gasteiger partial charge in [0, 0.05) is 12.4 Å². The fourth-order valence-corrected chi connectivity index (χ4v) is 5.19. The molecule has 11 heteroatoms. The number of sulfonamides is 1. The van der Waals surface area contributed by atoms with Gasteiger partial charge < -0.3 is 4.98 Å². The van der Waals surface area contributed by atoms with Crippen LogP contribution >= 0.6 is 11.3 Å². The van der Waals surface area contributed by atoms with Crippen molar-refractivity contribution in [2.75, 3.05) is 4.72 Å². The lowest BCUT2D eigenvalue weighted by Gasteiger charge is -2.08. The quantitative estimate of drug-likeness (QED) is 0.595. The Morgan fingerprint density at radius 1 is 1.26 bits per heavy atom. The molecule has 0 saturated heterocycles. The van der Waals surface area contributed by atoms with Gasteiger partial charge in [-0.05, 0) is 24.3 Å². The Kier molecular flexibility index (Phi) is 4.48. The maximum Gasteiger partial charge on any atom is 0.325 e. The van der Waals surface area contributed by atoms with E-state index in [9.17, 15) is 18.0 Å². The molecule has 142 valence electrons. The number of rotatable bonds is 5. The number of hydrogen-bond donors (Lipinski definition) is 3. The van der Waals surface area contributed by atoms with Crippen LogP contribution in [0.25, 0.3) is 10.6 Å².